The monoisotopic (exact) mass is 409 g/mol. The first-order valence-corrected chi connectivity index (χ1v) is 10.7. The Morgan fingerprint density at radius 1 is 1.07 bits per heavy atom. The van der Waals surface area contributed by atoms with Crippen LogP contribution in [0.4, 0.5) is 0 Å². The van der Waals surface area contributed by atoms with Crippen LogP contribution in [0.2, 0.25) is 0 Å². The number of carbonyl (C=O) groups excluding carboxylic acids is 3. The molecule has 1 heterocycles. The number of aromatic nitrogens is 1. The molecule has 28 heavy (non-hydrogen) atoms. The average Bonchev–Trinajstić information content (AvgIpc) is 2.65. The lowest BCUT2D eigenvalue weighted by molar-refractivity contribution is -0.125. The van der Waals surface area contributed by atoms with Gasteiger partial charge in [0.25, 0.3) is 5.91 Å². The fraction of sp³-hybridized carbons (Fsp3) is 0.600. The number of hydrogen-bond donors (Lipinski definition) is 2. The third-order valence-corrected chi connectivity index (χ3v) is 4.93. The Morgan fingerprint density at radius 2 is 1.68 bits per heavy atom. The summed E-state index contributed by atoms with van der Waals surface area (Å²) in [5, 5.41) is 6.10. The molecule has 0 radical (unpaired) electrons. The summed E-state index contributed by atoms with van der Waals surface area (Å²) in [6.45, 7) is 7.62. The highest BCUT2D eigenvalue weighted by Crippen LogP contribution is 2.20. The van der Waals surface area contributed by atoms with E-state index >= 15 is 0 Å². The van der Waals surface area contributed by atoms with Crippen LogP contribution in [-0.2, 0) is 14.3 Å². The van der Waals surface area contributed by atoms with Crippen molar-refractivity contribution >= 4 is 29.5 Å². The Hall–Kier alpha value is -2.09. The molecule has 1 aromatic heterocycles. The van der Waals surface area contributed by atoms with E-state index in [-0.39, 0.29) is 41.8 Å². The Labute approximate surface area is 171 Å². The zero-order valence-electron chi connectivity index (χ0n) is 17.1. The second-order valence-electron chi connectivity index (χ2n) is 6.74. The number of esters is 1. The van der Waals surface area contributed by atoms with Crippen molar-refractivity contribution in [2.24, 2.45) is 0 Å². The lowest BCUT2D eigenvalue weighted by atomic mass is 10.2. The molecule has 2 N–H and O–H groups in total. The second kappa shape index (κ2) is 13.1. The lowest BCUT2D eigenvalue weighted by Gasteiger charge is -2.14. The number of amides is 2. The number of hydrogen-bond acceptors (Lipinski definition) is 6. The number of ether oxygens (including phenoxy) is 1. The van der Waals surface area contributed by atoms with E-state index in [1.165, 1.54) is 11.8 Å². The molecule has 2 amide bonds. The molecule has 0 spiro atoms. The molecule has 7 nitrogen and oxygen atoms in total. The lowest BCUT2D eigenvalue weighted by Crippen LogP contribution is -2.35. The van der Waals surface area contributed by atoms with Gasteiger partial charge in [0.1, 0.15) is 5.03 Å². The molecular formula is C20H31N3O4S. The second-order valence-corrected chi connectivity index (χ2v) is 7.70. The number of thioether (sulfide) groups is 1. The Balaban J connectivity index is 2.56. The molecule has 8 heteroatoms. The van der Waals surface area contributed by atoms with Crippen LogP contribution in [0.25, 0.3) is 0 Å². The highest BCUT2D eigenvalue weighted by Gasteiger charge is 2.17. The molecule has 0 saturated carbocycles. The van der Waals surface area contributed by atoms with Crippen molar-refractivity contribution in [3.05, 3.63) is 23.9 Å². The molecule has 1 aromatic rings. The molecule has 156 valence electrons. The molecular weight excluding hydrogens is 378 g/mol. The van der Waals surface area contributed by atoms with E-state index in [1.54, 1.807) is 18.3 Å². The fourth-order valence-electron chi connectivity index (χ4n) is 2.65. The van der Waals surface area contributed by atoms with Gasteiger partial charge in [0.05, 0.1) is 11.3 Å². The molecule has 0 aliphatic heterocycles. The number of pyridine rings is 1. The number of nitrogens with one attached hydrogen (secondary N) is 2. The minimum absolute atomic E-state index is 0.0364. The van der Waals surface area contributed by atoms with Crippen molar-refractivity contribution in [3.63, 3.8) is 0 Å². The third-order valence-electron chi connectivity index (χ3n) is 3.92. The zero-order chi connectivity index (χ0) is 20.9. The van der Waals surface area contributed by atoms with Crippen LogP contribution in [0.3, 0.4) is 0 Å². The summed E-state index contributed by atoms with van der Waals surface area (Å²) in [5.74, 6) is -0.925. The van der Waals surface area contributed by atoms with Crippen molar-refractivity contribution in [1.82, 2.24) is 15.6 Å². The maximum atomic E-state index is 12.3. The van der Waals surface area contributed by atoms with Gasteiger partial charge in [0, 0.05) is 18.3 Å². The maximum Gasteiger partial charge on any atom is 0.341 e. The summed E-state index contributed by atoms with van der Waals surface area (Å²) in [6.07, 6.45) is 5.28. The van der Waals surface area contributed by atoms with Crippen molar-refractivity contribution in [2.75, 3.05) is 12.4 Å². The number of rotatable bonds is 12. The van der Waals surface area contributed by atoms with Gasteiger partial charge in [-0.15, -0.1) is 0 Å². The summed E-state index contributed by atoms with van der Waals surface area (Å²) in [5.41, 5.74) is 0.247. The highest BCUT2D eigenvalue weighted by atomic mass is 32.2. The summed E-state index contributed by atoms with van der Waals surface area (Å²) in [4.78, 5) is 40.4. The van der Waals surface area contributed by atoms with Gasteiger partial charge in [0.15, 0.2) is 6.61 Å². The SMILES string of the molecule is CCC[C@@H](C)NC(=O)COC(=O)c1cccnc1SCC(=O)N[C@@H](C)CCC. The molecule has 0 fully saturated rings. The summed E-state index contributed by atoms with van der Waals surface area (Å²) < 4.78 is 5.11. The topological polar surface area (TPSA) is 97.4 Å². The van der Waals surface area contributed by atoms with Gasteiger partial charge in [-0.3, -0.25) is 9.59 Å². The van der Waals surface area contributed by atoms with Crippen LogP contribution >= 0.6 is 11.8 Å². The van der Waals surface area contributed by atoms with E-state index in [0.29, 0.717) is 5.03 Å². The van der Waals surface area contributed by atoms with Crippen LogP contribution in [0.15, 0.2) is 23.4 Å². The standard InChI is InChI=1S/C20H31N3O4S/c1-5-8-14(3)22-17(24)12-27-20(26)16-10-7-11-21-19(16)28-13-18(25)23-15(4)9-6-2/h7,10-11,14-15H,5-6,8-9,12-13H2,1-4H3,(H,22,24)(H,23,25)/t14-,15+/m1/s1. The Morgan fingerprint density at radius 3 is 2.29 bits per heavy atom. The van der Waals surface area contributed by atoms with Crippen LogP contribution in [0, 0.1) is 0 Å². The molecule has 0 bridgehead atoms. The van der Waals surface area contributed by atoms with Crippen LogP contribution in [-0.4, -0.2) is 47.2 Å². The Kier molecular flexibility index (Phi) is 11.2. The first-order chi connectivity index (χ1) is 13.4. The third kappa shape index (κ3) is 9.21. The predicted molar refractivity (Wildman–Crippen MR) is 110 cm³/mol. The minimum atomic E-state index is -0.631. The molecule has 1 rings (SSSR count). The van der Waals surface area contributed by atoms with Crippen molar-refractivity contribution in [2.45, 2.75) is 70.5 Å². The van der Waals surface area contributed by atoms with Crippen molar-refractivity contribution in [3.8, 4) is 0 Å². The number of nitrogens with zero attached hydrogens (tertiary/aromatic N) is 1. The van der Waals surface area contributed by atoms with Crippen LogP contribution in [0.5, 0.6) is 0 Å². The van der Waals surface area contributed by atoms with Crippen LogP contribution < -0.4 is 10.6 Å². The quantitative estimate of drug-likeness (QED) is 0.407. The average molecular weight is 410 g/mol. The molecule has 0 aliphatic carbocycles. The Bertz CT molecular complexity index is 654. The summed E-state index contributed by atoms with van der Waals surface area (Å²) in [6, 6.07) is 3.34. The van der Waals surface area contributed by atoms with Gasteiger partial charge in [-0.2, -0.15) is 0 Å². The van der Waals surface area contributed by atoms with E-state index < -0.39 is 5.97 Å². The van der Waals surface area contributed by atoms with Gasteiger partial charge in [-0.05, 0) is 38.8 Å². The van der Waals surface area contributed by atoms with Gasteiger partial charge in [0.2, 0.25) is 5.91 Å². The van der Waals surface area contributed by atoms with Gasteiger partial charge in [-0.25, -0.2) is 9.78 Å². The van der Waals surface area contributed by atoms with E-state index in [1.807, 2.05) is 20.8 Å². The smallest absolute Gasteiger partial charge is 0.341 e. The molecule has 0 saturated heterocycles. The van der Waals surface area contributed by atoms with Crippen molar-refractivity contribution in [1.29, 1.82) is 0 Å². The van der Waals surface area contributed by atoms with E-state index in [2.05, 4.69) is 22.5 Å². The van der Waals surface area contributed by atoms with Gasteiger partial charge < -0.3 is 15.4 Å². The number of carbonyl (C=O) groups is 3. The van der Waals surface area contributed by atoms with Gasteiger partial charge in [-0.1, -0.05) is 38.5 Å². The largest absolute Gasteiger partial charge is 0.452 e. The van der Waals surface area contributed by atoms with E-state index in [9.17, 15) is 14.4 Å². The molecule has 2 atom stereocenters. The van der Waals surface area contributed by atoms with Crippen molar-refractivity contribution < 1.29 is 19.1 Å². The maximum absolute atomic E-state index is 12.3. The highest BCUT2D eigenvalue weighted by molar-refractivity contribution is 8.00. The first-order valence-electron chi connectivity index (χ1n) is 9.70. The predicted octanol–water partition coefficient (Wildman–Crippen LogP) is 2.94. The van der Waals surface area contributed by atoms with E-state index in [4.69, 9.17) is 4.74 Å². The van der Waals surface area contributed by atoms with Gasteiger partial charge >= 0.3 is 5.97 Å². The van der Waals surface area contributed by atoms with E-state index in [0.717, 1.165) is 25.7 Å². The normalized spacial score (nSPS) is 12.7. The molecule has 0 aromatic carbocycles. The summed E-state index contributed by atoms with van der Waals surface area (Å²) in [7, 11) is 0. The van der Waals surface area contributed by atoms with Crippen LogP contribution in [0.1, 0.15) is 63.7 Å². The summed E-state index contributed by atoms with van der Waals surface area (Å²) >= 11 is 1.17. The fourth-order valence-corrected chi connectivity index (χ4v) is 3.44. The molecule has 0 unspecified atom stereocenters. The first kappa shape index (κ1) is 23.9. The molecule has 0 aliphatic rings. The zero-order valence-corrected chi connectivity index (χ0v) is 17.9. The minimum Gasteiger partial charge on any atom is -0.452 e.